The minimum Gasteiger partial charge on any atom is -0.378 e. The lowest BCUT2D eigenvalue weighted by Gasteiger charge is -2.27. The number of hydrogen-bond donors (Lipinski definition) is 1. The third kappa shape index (κ3) is 4.21. The molecule has 144 valence electrons. The highest BCUT2D eigenvalue weighted by molar-refractivity contribution is 7.13. The molecule has 0 spiro atoms. The van der Waals surface area contributed by atoms with Crippen molar-refractivity contribution < 1.29 is 9.53 Å². The van der Waals surface area contributed by atoms with Gasteiger partial charge in [0.1, 0.15) is 16.5 Å². The van der Waals surface area contributed by atoms with Crippen LogP contribution in [0.15, 0.2) is 41.9 Å². The molecule has 0 unspecified atom stereocenters. The molecule has 28 heavy (non-hydrogen) atoms. The maximum atomic E-state index is 12.5. The Morgan fingerprint density at radius 3 is 2.57 bits per heavy atom. The number of nitrogens with zero attached hydrogens (tertiary/aromatic N) is 3. The Bertz CT molecular complexity index is 958. The van der Waals surface area contributed by atoms with Gasteiger partial charge in [-0.15, -0.1) is 11.3 Å². The fourth-order valence-corrected chi connectivity index (χ4v) is 4.04. The monoisotopic (exact) mass is 394 g/mol. The van der Waals surface area contributed by atoms with E-state index in [0.29, 0.717) is 5.69 Å². The standard InChI is InChI=1S/C21H22N4O2S/c1-14-9-15(2)11-17(10-14)23-20(26)18-13-28-21(24-18)16-3-4-19(22-12-16)25-5-7-27-8-6-25/h3-4,9-13H,5-8H2,1-2H3,(H,23,26). The van der Waals surface area contributed by atoms with Crippen LogP contribution in [-0.2, 0) is 4.74 Å². The van der Waals surface area contributed by atoms with Crippen LogP contribution >= 0.6 is 11.3 Å². The van der Waals surface area contributed by atoms with Crippen molar-refractivity contribution in [2.24, 2.45) is 0 Å². The summed E-state index contributed by atoms with van der Waals surface area (Å²) in [4.78, 5) is 23.8. The number of nitrogens with one attached hydrogen (secondary N) is 1. The van der Waals surface area contributed by atoms with Crippen molar-refractivity contribution in [1.82, 2.24) is 9.97 Å². The number of aryl methyl sites for hydroxylation is 2. The van der Waals surface area contributed by atoms with Gasteiger partial charge < -0.3 is 15.0 Å². The van der Waals surface area contributed by atoms with E-state index in [2.05, 4.69) is 26.3 Å². The molecule has 0 atom stereocenters. The van der Waals surface area contributed by atoms with Crippen LogP contribution in [0.25, 0.3) is 10.6 Å². The zero-order valence-corrected chi connectivity index (χ0v) is 16.8. The Morgan fingerprint density at radius 1 is 1.14 bits per heavy atom. The number of rotatable bonds is 4. The molecule has 3 aromatic rings. The highest BCUT2D eigenvalue weighted by atomic mass is 32.1. The minimum atomic E-state index is -0.203. The lowest BCUT2D eigenvalue weighted by atomic mass is 10.1. The van der Waals surface area contributed by atoms with Gasteiger partial charge in [0, 0.05) is 35.9 Å². The quantitative estimate of drug-likeness (QED) is 0.727. The largest absolute Gasteiger partial charge is 0.378 e. The first-order valence-electron chi connectivity index (χ1n) is 9.23. The van der Waals surface area contributed by atoms with Gasteiger partial charge in [0.15, 0.2) is 0 Å². The van der Waals surface area contributed by atoms with E-state index < -0.39 is 0 Å². The van der Waals surface area contributed by atoms with Gasteiger partial charge in [-0.2, -0.15) is 0 Å². The molecule has 7 heteroatoms. The Morgan fingerprint density at radius 2 is 1.89 bits per heavy atom. The third-order valence-corrected chi connectivity index (χ3v) is 5.44. The van der Waals surface area contributed by atoms with Crippen LogP contribution < -0.4 is 10.2 Å². The number of carbonyl (C=O) groups excluding carboxylic acids is 1. The zero-order chi connectivity index (χ0) is 19.5. The maximum Gasteiger partial charge on any atom is 0.275 e. The molecular weight excluding hydrogens is 372 g/mol. The molecule has 3 heterocycles. The van der Waals surface area contributed by atoms with Gasteiger partial charge in [0.2, 0.25) is 0 Å². The summed E-state index contributed by atoms with van der Waals surface area (Å²) in [5.41, 5.74) is 4.33. The number of hydrogen-bond acceptors (Lipinski definition) is 6. The summed E-state index contributed by atoms with van der Waals surface area (Å²) in [7, 11) is 0. The van der Waals surface area contributed by atoms with Crippen molar-refractivity contribution in [3.63, 3.8) is 0 Å². The van der Waals surface area contributed by atoms with Gasteiger partial charge in [-0.05, 0) is 49.2 Å². The Kier molecular flexibility index (Phi) is 5.36. The smallest absolute Gasteiger partial charge is 0.275 e. The van der Waals surface area contributed by atoms with Crippen molar-refractivity contribution in [2.45, 2.75) is 13.8 Å². The number of benzene rings is 1. The number of aromatic nitrogens is 2. The molecule has 1 amide bonds. The number of carbonyl (C=O) groups is 1. The molecule has 1 N–H and O–H groups in total. The lowest BCUT2D eigenvalue weighted by molar-refractivity contribution is 0.102. The van der Waals surface area contributed by atoms with Crippen LogP contribution in [0.1, 0.15) is 21.6 Å². The van der Waals surface area contributed by atoms with Gasteiger partial charge >= 0.3 is 0 Å². The molecule has 0 bridgehead atoms. The van der Waals surface area contributed by atoms with Crippen LogP contribution in [0.3, 0.4) is 0 Å². The SMILES string of the molecule is Cc1cc(C)cc(NC(=O)c2csc(-c3ccc(N4CCOCC4)nc3)n2)c1. The highest BCUT2D eigenvalue weighted by Gasteiger charge is 2.15. The van der Waals surface area contributed by atoms with E-state index in [1.807, 2.05) is 44.3 Å². The summed E-state index contributed by atoms with van der Waals surface area (Å²) in [6.45, 7) is 7.19. The van der Waals surface area contributed by atoms with Gasteiger partial charge in [-0.1, -0.05) is 6.07 Å². The van der Waals surface area contributed by atoms with Crippen LogP contribution in [0, 0.1) is 13.8 Å². The number of ether oxygens (including phenoxy) is 1. The molecule has 1 aliphatic rings. The molecular formula is C21H22N4O2S. The van der Waals surface area contributed by atoms with E-state index in [4.69, 9.17) is 4.74 Å². The van der Waals surface area contributed by atoms with E-state index in [1.165, 1.54) is 11.3 Å². The average molecular weight is 395 g/mol. The normalized spacial score (nSPS) is 14.1. The van der Waals surface area contributed by atoms with Crippen molar-refractivity contribution in [1.29, 1.82) is 0 Å². The van der Waals surface area contributed by atoms with Gasteiger partial charge in [0.05, 0.1) is 13.2 Å². The van der Waals surface area contributed by atoms with E-state index in [1.54, 1.807) is 5.38 Å². The molecule has 2 aromatic heterocycles. The molecule has 6 nitrogen and oxygen atoms in total. The van der Waals surface area contributed by atoms with Gasteiger partial charge in [0.25, 0.3) is 5.91 Å². The summed E-state index contributed by atoms with van der Waals surface area (Å²) < 4.78 is 5.38. The van der Waals surface area contributed by atoms with E-state index in [9.17, 15) is 4.79 Å². The van der Waals surface area contributed by atoms with E-state index in [0.717, 1.165) is 59.5 Å². The van der Waals surface area contributed by atoms with E-state index in [-0.39, 0.29) is 5.91 Å². The highest BCUT2D eigenvalue weighted by Crippen LogP contribution is 2.25. The first-order valence-corrected chi connectivity index (χ1v) is 10.1. The van der Waals surface area contributed by atoms with Crippen LogP contribution in [0.4, 0.5) is 11.5 Å². The molecule has 1 aliphatic heterocycles. The molecule has 0 radical (unpaired) electrons. The fourth-order valence-electron chi connectivity index (χ4n) is 3.24. The predicted molar refractivity (Wildman–Crippen MR) is 112 cm³/mol. The molecule has 4 rings (SSSR count). The topological polar surface area (TPSA) is 67.4 Å². The summed E-state index contributed by atoms with van der Waals surface area (Å²) in [6, 6.07) is 9.97. The Balaban J connectivity index is 1.46. The number of thiazole rings is 1. The molecule has 0 saturated carbocycles. The number of pyridine rings is 1. The van der Waals surface area contributed by atoms with E-state index >= 15 is 0 Å². The maximum absolute atomic E-state index is 12.5. The molecule has 0 aliphatic carbocycles. The summed E-state index contributed by atoms with van der Waals surface area (Å²) in [6.07, 6.45) is 1.81. The lowest BCUT2D eigenvalue weighted by Crippen LogP contribution is -2.36. The first-order chi connectivity index (χ1) is 13.6. The zero-order valence-electron chi connectivity index (χ0n) is 15.9. The van der Waals surface area contributed by atoms with Crippen molar-refractivity contribution >= 4 is 28.7 Å². The molecule has 1 fully saturated rings. The second-order valence-electron chi connectivity index (χ2n) is 6.87. The Hall–Kier alpha value is -2.77. The predicted octanol–water partition coefficient (Wildman–Crippen LogP) is 3.91. The fraction of sp³-hybridized carbons (Fsp3) is 0.286. The summed E-state index contributed by atoms with van der Waals surface area (Å²) >= 11 is 1.44. The van der Waals surface area contributed by atoms with Crippen molar-refractivity contribution in [3.05, 3.63) is 58.7 Å². The van der Waals surface area contributed by atoms with Crippen molar-refractivity contribution in [3.8, 4) is 10.6 Å². The second kappa shape index (κ2) is 8.08. The average Bonchev–Trinajstić information content (AvgIpc) is 3.18. The molecule has 1 aromatic carbocycles. The first kappa shape index (κ1) is 18.6. The van der Waals surface area contributed by atoms with Crippen LogP contribution in [-0.4, -0.2) is 42.2 Å². The van der Waals surface area contributed by atoms with Crippen molar-refractivity contribution in [2.75, 3.05) is 36.5 Å². The number of amides is 1. The Labute approximate surface area is 168 Å². The number of anilines is 2. The van der Waals surface area contributed by atoms with Gasteiger partial charge in [-0.25, -0.2) is 9.97 Å². The summed E-state index contributed by atoms with van der Waals surface area (Å²) in [5.74, 6) is 0.738. The second-order valence-corrected chi connectivity index (χ2v) is 7.73. The minimum absolute atomic E-state index is 0.203. The molecule has 1 saturated heterocycles. The van der Waals surface area contributed by atoms with Crippen LogP contribution in [0.2, 0.25) is 0 Å². The summed E-state index contributed by atoms with van der Waals surface area (Å²) in [5, 5.41) is 5.49. The number of morpholine rings is 1. The third-order valence-electron chi connectivity index (χ3n) is 4.55. The van der Waals surface area contributed by atoms with Crippen LogP contribution in [0.5, 0.6) is 0 Å². The van der Waals surface area contributed by atoms with Gasteiger partial charge in [-0.3, -0.25) is 4.79 Å².